The van der Waals surface area contributed by atoms with Crippen LogP contribution >= 0.6 is 11.6 Å². The van der Waals surface area contributed by atoms with Gasteiger partial charge in [-0.15, -0.1) is 0 Å². The van der Waals surface area contributed by atoms with Crippen molar-refractivity contribution in [2.75, 3.05) is 27.4 Å². The van der Waals surface area contributed by atoms with Crippen molar-refractivity contribution in [2.24, 2.45) is 23.7 Å². The molecule has 2 unspecified atom stereocenters. The molecule has 324 valence electrons. The summed E-state index contributed by atoms with van der Waals surface area (Å²) in [6.07, 6.45) is 3.66. The van der Waals surface area contributed by atoms with Gasteiger partial charge in [0.25, 0.3) is 0 Å². The third-order valence-electron chi connectivity index (χ3n) is 13.8. The Morgan fingerprint density at radius 3 is 1.98 bits per heavy atom. The molecule has 0 radical (unpaired) electrons. The van der Waals surface area contributed by atoms with E-state index in [1.807, 2.05) is 35.8 Å². The van der Waals surface area contributed by atoms with Crippen LogP contribution in [0.5, 0.6) is 0 Å². The van der Waals surface area contributed by atoms with Crippen molar-refractivity contribution in [2.45, 2.75) is 88.6 Å². The fourth-order valence-corrected chi connectivity index (χ4v) is 10.6. The summed E-state index contributed by atoms with van der Waals surface area (Å²) in [5.74, 6) is 1.83. The molecule has 2 aliphatic carbocycles. The van der Waals surface area contributed by atoms with E-state index in [4.69, 9.17) is 35.8 Å². The predicted octanol–water partition coefficient (Wildman–Crippen LogP) is 7.28. The highest BCUT2D eigenvalue weighted by Gasteiger charge is 2.58. The van der Waals surface area contributed by atoms with E-state index in [1.165, 1.54) is 14.2 Å². The zero-order chi connectivity index (χ0) is 43.0. The molecule has 2 aromatic heterocycles. The van der Waals surface area contributed by atoms with E-state index in [2.05, 4.69) is 63.1 Å². The smallest absolute Gasteiger partial charge is 0.407 e. The molecular formula is C46H51ClN8O7. The molecule has 0 spiro atoms. The Bertz CT molecular complexity index is 2590. The monoisotopic (exact) mass is 862 g/mol. The molecule has 5 aliphatic rings. The number of aromatic amines is 2. The summed E-state index contributed by atoms with van der Waals surface area (Å²) >= 11 is 6.81. The average Bonchev–Trinajstić information content (AvgIpc) is 3.97. The van der Waals surface area contributed by atoms with Crippen LogP contribution < -0.4 is 10.6 Å². The Balaban J connectivity index is 0.872. The second-order valence-electron chi connectivity index (χ2n) is 18.0. The second-order valence-corrected chi connectivity index (χ2v) is 18.3. The van der Waals surface area contributed by atoms with Crippen molar-refractivity contribution >= 4 is 57.4 Å². The normalized spacial score (nSPS) is 25.1. The molecule has 0 bridgehead atoms. The van der Waals surface area contributed by atoms with E-state index in [-0.39, 0.29) is 47.8 Å². The highest BCUT2D eigenvalue weighted by Crippen LogP contribution is 2.55. The molecule has 5 heterocycles. The van der Waals surface area contributed by atoms with Crippen molar-refractivity contribution in [1.29, 1.82) is 0 Å². The summed E-state index contributed by atoms with van der Waals surface area (Å²) in [7, 11) is 2.61. The lowest BCUT2D eigenvalue weighted by molar-refractivity contribution is -0.138. The molecule has 8 atom stereocenters. The number of imidazole rings is 2. The topological polar surface area (TPSA) is 184 Å². The van der Waals surface area contributed by atoms with Crippen LogP contribution in [-0.2, 0) is 23.8 Å². The van der Waals surface area contributed by atoms with Gasteiger partial charge >= 0.3 is 12.2 Å². The first-order valence-corrected chi connectivity index (χ1v) is 22.1. The number of carbonyl (C=O) groups is 4. The van der Waals surface area contributed by atoms with E-state index in [0.717, 1.165) is 70.0 Å². The van der Waals surface area contributed by atoms with Crippen molar-refractivity contribution in [3.63, 3.8) is 0 Å². The number of aromatic nitrogens is 4. The van der Waals surface area contributed by atoms with Gasteiger partial charge < -0.3 is 44.6 Å². The van der Waals surface area contributed by atoms with E-state index in [9.17, 15) is 19.2 Å². The van der Waals surface area contributed by atoms with Crippen LogP contribution in [0.2, 0.25) is 5.15 Å². The maximum atomic E-state index is 14.3. The zero-order valence-corrected chi connectivity index (χ0v) is 35.9. The van der Waals surface area contributed by atoms with Crippen LogP contribution in [0.1, 0.15) is 76.1 Å². The number of halogens is 1. The number of carbonyl (C=O) groups excluding carboxylic acids is 4. The van der Waals surface area contributed by atoms with Gasteiger partial charge in [0.1, 0.15) is 23.7 Å². The van der Waals surface area contributed by atoms with Crippen LogP contribution in [-0.4, -0.2) is 105 Å². The third kappa shape index (κ3) is 7.32. The van der Waals surface area contributed by atoms with Gasteiger partial charge in [-0.05, 0) is 108 Å². The largest absolute Gasteiger partial charge is 0.453 e. The third-order valence-corrected chi connectivity index (χ3v) is 14.1. The molecule has 3 saturated heterocycles. The Kier molecular flexibility index (Phi) is 10.4. The first-order valence-electron chi connectivity index (χ1n) is 21.7. The summed E-state index contributed by atoms with van der Waals surface area (Å²) in [5, 5.41) is 8.01. The highest BCUT2D eigenvalue weighted by molar-refractivity contribution is 6.32. The first-order chi connectivity index (χ1) is 30.0. The molecule has 3 aliphatic heterocycles. The van der Waals surface area contributed by atoms with Crippen molar-refractivity contribution in [1.82, 2.24) is 40.4 Å². The molecular weight excluding hydrogens is 812 g/mol. The van der Waals surface area contributed by atoms with Gasteiger partial charge in [0.15, 0.2) is 5.15 Å². The second kappa shape index (κ2) is 15.9. The summed E-state index contributed by atoms with van der Waals surface area (Å²) in [5.41, 5.74) is 5.35. The van der Waals surface area contributed by atoms with Crippen molar-refractivity contribution < 1.29 is 33.4 Å². The van der Waals surface area contributed by atoms with Gasteiger partial charge in [-0.25, -0.2) is 19.6 Å². The fraction of sp³-hybridized carbons (Fsp3) is 0.478. The molecule has 62 heavy (non-hydrogen) atoms. The summed E-state index contributed by atoms with van der Waals surface area (Å²) in [4.78, 5) is 73.4. The van der Waals surface area contributed by atoms with Gasteiger partial charge in [0.2, 0.25) is 11.8 Å². The number of alkyl carbamates (subject to hydrolysis) is 2. The Hall–Kier alpha value is -5.67. The number of likely N-dealkylation sites (tertiary alicyclic amines) is 2. The van der Waals surface area contributed by atoms with E-state index >= 15 is 0 Å². The molecule has 3 aromatic carbocycles. The summed E-state index contributed by atoms with van der Waals surface area (Å²) in [6, 6.07) is 17.1. The molecule has 4 N–H and O–H groups in total. The maximum Gasteiger partial charge on any atom is 0.407 e. The number of hydrogen-bond donors (Lipinski definition) is 4. The van der Waals surface area contributed by atoms with Gasteiger partial charge in [-0.3, -0.25) is 9.59 Å². The number of fused-ring (bicyclic) bond motifs is 4. The van der Waals surface area contributed by atoms with E-state index in [1.54, 1.807) is 0 Å². The molecule has 10 rings (SSSR count). The number of amides is 4. The molecule has 16 heteroatoms. The number of methoxy groups -OCH3 is 2. The maximum absolute atomic E-state index is 14.3. The predicted molar refractivity (Wildman–Crippen MR) is 231 cm³/mol. The Labute approximate surface area is 363 Å². The lowest BCUT2D eigenvalue weighted by atomic mass is 9.90. The van der Waals surface area contributed by atoms with Crippen molar-refractivity contribution in [3.05, 3.63) is 71.4 Å². The average molecular weight is 863 g/mol. The number of rotatable bonds is 10. The molecule has 5 fully saturated rings. The number of nitrogens with zero attached hydrogens (tertiary/aromatic N) is 4. The fourth-order valence-electron chi connectivity index (χ4n) is 10.3. The minimum absolute atomic E-state index is 0.0309. The van der Waals surface area contributed by atoms with Gasteiger partial charge in [0.05, 0.1) is 43.0 Å². The van der Waals surface area contributed by atoms with Crippen LogP contribution in [0.4, 0.5) is 9.59 Å². The van der Waals surface area contributed by atoms with E-state index in [0.29, 0.717) is 54.6 Å². The number of H-pyrrole nitrogens is 2. The number of nitrogens with one attached hydrogen (secondary N) is 4. The minimum Gasteiger partial charge on any atom is -0.453 e. The Morgan fingerprint density at radius 1 is 0.742 bits per heavy atom. The zero-order valence-electron chi connectivity index (χ0n) is 35.2. The SMILES string of the molecule is COC(=O)N[C@H](C(=O)N1C2C[C@@H]2C[C@H]1c1nc(Cl)c(-c2ccc3cc(-c4ccc5nc([C@@H]6C[C@H]7CC7N6C(=O)[C@@H](NC(=O)OC)C6CCOCC6)[nH]c5c4)ccc3c2)[nH]1)C(C)C. The lowest BCUT2D eigenvalue weighted by Crippen LogP contribution is -2.54. The first kappa shape index (κ1) is 40.4. The highest BCUT2D eigenvalue weighted by atomic mass is 35.5. The van der Waals surface area contributed by atoms with Crippen LogP contribution in [0.15, 0.2) is 54.6 Å². The van der Waals surface area contributed by atoms with Crippen LogP contribution in [0.3, 0.4) is 0 Å². The van der Waals surface area contributed by atoms with Gasteiger partial charge in [0, 0.05) is 30.9 Å². The molecule has 5 aromatic rings. The molecule has 15 nitrogen and oxygen atoms in total. The van der Waals surface area contributed by atoms with Crippen LogP contribution in [0.25, 0.3) is 44.2 Å². The van der Waals surface area contributed by atoms with Crippen molar-refractivity contribution in [3.8, 4) is 22.4 Å². The number of hydrogen-bond acceptors (Lipinski definition) is 9. The minimum atomic E-state index is -0.719. The number of benzene rings is 3. The van der Waals surface area contributed by atoms with Gasteiger partial charge in [-0.2, -0.15) is 0 Å². The standard InChI is InChI=1S/C46H51ClN8O7/c1-22(2)37(51-45(58)60-3)43(56)54-33-18-30(33)21-36(54)42-50-38(40(47)53-42)28-8-7-24-15-25(5-6-26(24)16-28)27-9-10-31-32(17-27)49-41(48-31)35-20-29-19-34(29)55(35)44(57)39(52-46(59)61-4)23-11-13-62-14-12-23/h5-10,15-17,22-23,29-30,33-37,39H,11-14,18-21H2,1-4H3,(H,48,49)(H,50,53)(H,51,58)(H,52,59)/t29-,30-,33?,34?,35+,36+,37+,39+/m1/s1. The number of ether oxygens (including phenoxy) is 3. The quantitative estimate of drug-likeness (QED) is 0.112. The van der Waals surface area contributed by atoms with Crippen LogP contribution in [0, 0.1) is 23.7 Å². The molecule has 2 saturated carbocycles. The summed E-state index contributed by atoms with van der Waals surface area (Å²) < 4.78 is 15.3. The van der Waals surface area contributed by atoms with Gasteiger partial charge in [-0.1, -0.05) is 55.8 Å². The number of piperidine rings is 2. The Morgan fingerprint density at radius 2 is 1.32 bits per heavy atom. The lowest BCUT2D eigenvalue weighted by Gasteiger charge is -2.35. The molecule has 4 amide bonds. The van der Waals surface area contributed by atoms with E-state index < -0.39 is 24.3 Å². The summed E-state index contributed by atoms with van der Waals surface area (Å²) in [6.45, 7) is 4.93.